The van der Waals surface area contributed by atoms with Crippen LogP contribution in [0.2, 0.25) is 0 Å². The number of phosphoric acid groups is 3. The molecule has 0 aliphatic carbocycles. The van der Waals surface area contributed by atoms with Crippen molar-refractivity contribution in [3.63, 3.8) is 0 Å². The number of amides is 2. The quantitative estimate of drug-likeness (QED) is 0.0405. The molecule has 0 bridgehead atoms. The van der Waals surface area contributed by atoms with E-state index in [1.165, 1.54) is 65.2 Å². The average molecular weight is 1000 g/mol. The molecule has 3 heterocycles. The summed E-state index contributed by atoms with van der Waals surface area (Å²) in [6.07, 6.45) is 7.54. The molecule has 1 saturated heterocycles. The van der Waals surface area contributed by atoms with Crippen LogP contribution < -0.4 is 35.9 Å². The summed E-state index contributed by atoms with van der Waals surface area (Å²) in [5.41, 5.74) is 4.74. The van der Waals surface area contributed by atoms with Gasteiger partial charge in [0.15, 0.2) is 17.7 Å². The van der Waals surface area contributed by atoms with E-state index in [4.69, 9.17) is 10.5 Å². The third-order valence-electron chi connectivity index (χ3n) is 10.0. The third kappa shape index (κ3) is 19.8. The maximum atomic E-state index is 12.6. The van der Waals surface area contributed by atoms with Gasteiger partial charge in [0.1, 0.15) is 36.3 Å². The Morgan fingerprint density at radius 2 is 1.60 bits per heavy atom. The lowest BCUT2D eigenvalue weighted by Crippen LogP contribution is -2.46. The second-order valence-corrected chi connectivity index (χ2v) is 21.1. The first-order chi connectivity index (χ1) is 30.5. The number of rotatable bonds is 31. The van der Waals surface area contributed by atoms with E-state index >= 15 is 0 Å². The summed E-state index contributed by atoms with van der Waals surface area (Å²) in [4.78, 5) is 97.1. The molecular weight excluding hydrogens is 939 g/mol. The number of carbonyl (C=O) groups is 3. The summed E-state index contributed by atoms with van der Waals surface area (Å²) < 4.78 is 60.8. The number of aromatic nitrogens is 4. The highest BCUT2D eigenvalue weighted by Crippen LogP contribution is 2.56. The first-order valence-corrected chi connectivity index (χ1v) is 26.5. The number of hydrogen-bond donors (Lipinski definition) is 5. The molecule has 2 unspecified atom stereocenters. The van der Waals surface area contributed by atoms with E-state index in [1.807, 2.05) is 6.08 Å². The fourth-order valence-corrected chi connectivity index (χ4v) is 9.83. The van der Waals surface area contributed by atoms with E-state index in [0.29, 0.717) is 11.3 Å². The maximum Gasteiger partial charge on any atom is 0.274 e. The Hall–Kier alpha value is -2.70. The summed E-state index contributed by atoms with van der Waals surface area (Å²) in [5.74, 6) is -1.20. The van der Waals surface area contributed by atoms with Crippen LogP contribution in [0.25, 0.3) is 11.2 Å². The van der Waals surface area contributed by atoms with Gasteiger partial charge in [0.2, 0.25) is 16.9 Å². The lowest BCUT2D eigenvalue weighted by molar-refractivity contribution is -0.347. The number of hydrogen-bond acceptors (Lipinski definition) is 22. The largest absolute Gasteiger partial charge is 0.790 e. The molecule has 1 fully saturated rings. The standard InChI is InChI=1S/C37H64N7O17P3S/c1-5-6-7-8-9-10-11-12-13-14-15-16-25(2)36(49)65-20-19-39-27(45)17-18-40-34(48)31(47)37(3,4)22-58-64(55,56)61-63(53,54)57-21-26-30(60-62(50,51)52)29(46)35(59-26)44-24-43-28-32(38)41-23-42-33(28)44/h16,23-24,26,29-31,35,46-47H,5-15,17-22H2,1-4H3,(H,39,45)(H,40,48)(H,53,54)(H,55,56)(H2,38,41,42)(H2,50,51,52)/p-4/b25-16+/t26-,29-,30-,31+,35-/m1/s1. The number of phosphoric ester groups is 3. The van der Waals surface area contributed by atoms with Gasteiger partial charge in [0.25, 0.3) is 15.6 Å². The molecule has 0 spiro atoms. The van der Waals surface area contributed by atoms with Gasteiger partial charge in [0, 0.05) is 30.7 Å². The van der Waals surface area contributed by atoms with E-state index < -0.39 is 84.6 Å². The molecule has 28 heteroatoms. The second-order valence-electron chi connectivity index (χ2n) is 16.0. The number of allylic oxidation sites excluding steroid dienone is 1. The van der Waals surface area contributed by atoms with Crippen molar-refractivity contribution < 1.29 is 80.5 Å². The van der Waals surface area contributed by atoms with Crippen LogP contribution in [0.4, 0.5) is 5.82 Å². The summed E-state index contributed by atoms with van der Waals surface area (Å²) in [6.45, 7) is 4.10. The molecule has 3 rings (SSSR count). The van der Waals surface area contributed by atoms with Crippen LogP contribution in [0.3, 0.4) is 0 Å². The lowest BCUT2D eigenvalue weighted by Gasteiger charge is -2.36. The zero-order valence-electron chi connectivity index (χ0n) is 36.8. The van der Waals surface area contributed by atoms with E-state index in [2.05, 4.69) is 50.4 Å². The van der Waals surface area contributed by atoms with Crippen LogP contribution in [0.1, 0.15) is 111 Å². The fourth-order valence-electron chi connectivity index (χ4n) is 6.40. The summed E-state index contributed by atoms with van der Waals surface area (Å²) in [5, 5.41) is 26.3. The summed E-state index contributed by atoms with van der Waals surface area (Å²) >= 11 is 1.08. The first kappa shape index (κ1) is 56.6. The average Bonchev–Trinajstić information content (AvgIpc) is 3.79. The van der Waals surface area contributed by atoms with Crippen molar-refractivity contribution in [3.05, 3.63) is 24.3 Å². The van der Waals surface area contributed by atoms with Crippen molar-refractivity contribution in [2.45, 2.75) is 135 Å². The molecule has 1 aliphatic heterocycles. The van der Waals surface area contributed by atoms with Crippen molar-refractivity contribution in [2.75, 3.05) is 37.8 Å². The van der Waals surface area contributed by atoms with Crippen LogP contribution in [-0.2, 0) is 50.7 Å². The van der Waals surface area contributed by atoms with E-state index in [9.17, 15) is 57.9 Å². The normalized spacial score (nSPS) is 20.6. The number of imidazole rings is 1. The highest BCUT2D eigenvalue weighted by Gasteiger charge is 2.47. The van der Waals surface area contributed by atoms with Crippen LogP contribution in [0.15, 0.2) is 24.3 Å². The Labute approximate surface area is 381 Å². The minimum atomic E-state index is -5.92. The molecule has 0 radical (unpaired) electrons. The number of nitrogens with zero attached hydrogens (tertiary/aromatic N) is 4. The van der Waals surface area contributed by atoms with Crippen LogP contribution in [0.5, 0.6) is 0 Å². The van der Waals surface area contributed by atoms with Gasteiger partial charge in [0.05, 0.1) is 27.4 Å². The number of nitrogen functional groups attached to an aromatic ring is 1. The summed E-state index contributed by atoms with van der Waals surface area (Å²) in [7, 11) is -17.6. The Bertz CT molecular complexity index is 2040. The topological polar surface area (TPSA) is 375 Å². The third-order valence-corrected chi connectivity index (χ3v) is 14.0. The molecule has 0 aromatic carbocycles. The van der Waals surface area contributed by atoms with Crippen LogP contribution in [0, 0.1) is 5.41 Å². The smallest absolute Gasteiger partial charge is 0.274 e. The molecule has 65 heavy (non-hydrogen) atoms. The van der Waals surface area contributed by atoms with Crippen molar-refractivity contribution in [1.82, 2.24) is 30.2 Å². The number of thioether (sulfide) groups is 1. The van der Waals surface area contributed by atoms with Gasteiger partial charge in [-0.1, -0.05) is 96.4 Å². The van der Waals surface area contributed by atoms with Gasteiger partial charge in [-0.3, -0.25) is 28.1 Å². The Kier molecular flexibility index (Phi) is 23.3. The Balaban J connectivity index is 1.36. The van der Waals surface area contributed by atoms with E-state index in [1.54, 1.807) is 6.92 Å². The van der Waals surface area contributed by atoms with Gasteiger partial charge >= 0.3 is 0 Å². The number of aliphatic hydroxyl groups is 2. The monoisotopic (exact) mass is 999 g/mol. The van der Waals surface area contributed by atoms with E-state index in [-0.39, 0.29) is 41.6 Å². The van der Waals surface area contributed by atoms with Gasteiger partial charge in [-0.2, -0.15) is 0 Å². The van der Waals surface area contributed by atoms with Crippen LogP contribution in [-0.4, -0.2) is 103 Å². The number of nitrogens with one attached hydrogen (secondary N) is 2. The number of unbranched alkanes of at least 4 members (excludes halogenated alkanes) is 10. The molecule has 7 atom stereocenters. The number of ether oxygens (including phenoxy) is 1. The van der Waals surface area contributed by atoms with Crippen LogP contribution >= 0.6 is 35.2 Å². The number of fused-ring (bicyclic) bond motifs is 1. The molecule has 24 nitrogen and oxygen atoms in total. The van der Waals surface area contributed by atoms with Crippen molar-refractivity contribution >= 4 is 69.1 Å². The molecule has 370 valence electrons. The van der Waals surface area contributed by atoms with Gasteiger partial charge in [-0.25, -0.2) is 19.3 Å². The van der Waals surface area contributed by atoms with Gasteiger partial charge < -0.3 is 69.0 Å². The summed E-state index contributed by atoms with van der Waals surface area (Å²) in [6, 6.07) is 0. The molecule has 2 aromatic rings. The first-order valence-electron chi connectivity index (χ1n) is 21.1. The number of aliphatic hydroxyl groups excluding tert-OH is 2. The van der Waals surface area contributed by atoms with E-state index in [0.717, 1.165) is 48.2 Å². The zero-order chi connectivity index (χ0) is 48.4. The van der Waals surface area contributed by atoms with Crippen molar-refractivity contribution in [3.8, 4) is 0 Å². The maximum absolute atomic E-state index is 12.6. The van der Waals surface area contributed by atoms with Crippen molar-refractivity contribution in [2.24, 2.45) is 5.41 Å². The highest BCUT2D eigenvalue weighted by molar-refractivity contribution is 8.14. The van der Waals surface area contributed by atoms with Gasteiger partial charge in [-0.05, 0) is 25.3 Å². The predicted molar refractivity (Wildman–Crippen MR) is 228 cm³/mol. The van der Waals surface area contributed by atoms with Crippen molar-refractivity contribution in [1.29, 1.82) is 0 Å². The minimum Gasteiger partial charge on any atom is -0.790 e. The molecule has 2 aromatic heterocycles. The lowest BCUT2D eigenvalue weighted by atomic mass is 9.87. The number of nitrogens with two attached hydrogens (primary N) is 1. The minimum absolute atomic E-state index is 0.0197. The SMILES string of the molecule is CCCCCCCCCCCC/C=C(\C)C(=O)SCCNC(=O)CCNC(=O)[C@H](O)C(C)(C)COP(=O)([O-])OP(=O)([O-])OC[C@H]1O[C@@H](n2cnc3c(N)ncnc32)[C@H](O)[C@@H]1OP(=O)([O-])[O-]. The molecular formula is C37H60N7O17P3S-4. The molecule has 2 amide bonds. The van der Waals surface area contributed by atoms with Gasteiger partial charge in [-0.15, -0.1) is 0 Å². The zero-order valence-corrected chi connectivity index (χ0v) is 40.3. The number of anilines is 1. The molecule has 1 aliphatic rings. The number of carbonyl (C=O) groups excluding carboxylic acids is 3. The fraction of sp³-hybridized carbons (Fsp3) is 0.730. The molecule has 6 N–H and O–H groups in total. The molecule has 0 saturated carbocycles. The Morgan fingerprint density at radius 1 is 0.969 bits per heavy atom. The Morgan fingerprint density at radius 3 is 2.25 bits per heavy atom. The predicted octanol–water partition coefficient (Wildman–Crippen LogP) is 1.39. The highest BCUT2D eigenvalue weighted by atomic mass is 32.2. The second kappa shape index (κ2) is 26.7.